The Labute approximate surface area is 124 Å². The van der Waals surface area contributed by atoms with Crippen LogP contribution in [0.5, 0.6) is 0 Å². The van der Waals surface area contributed by atoms with Gasteiger partial charge in [-0.3, -0.25) is 4.98 Å². The van der Waals surface area contributed by atoms with E-state index in [9.17, 15) is 13.2 Å². The van der Waals surface area contributed by atoms with Gasteiger partial charge in [0.2, 0.25) is 10.0 Å². The summed E-state index contributed by atoms with van der Waals surface area (Å²) in [7, 11) is -3.61. The van der Waals surface area contributed by atoms with Gasteiger partial charge in [0.05, 0.1) is 0 Å². The molecular formula is C14H18N2O4S. The zero-order valence-electron chi connectivity index (χ0n) is 11.5. The van der Waals surface area contributed by atoms with Crippen LogP contribution in [0.3, 0.4) is 0 Å². The summed E-state index contributed by atoms with van der Waals surface area (Å²) in [5, 5.41) is 8.58. The molecule has 0 bridgehead atoms. The third-order valence-electron chi connectivity index (χ3n) is 3.39. The number of carbonyl (C=O) groups is 1. The van der Waals surface area contributed by atoms with Crippen LogP contribution in [-0.4, -0.2) is 30.5 Å². The highest BCUT2D eigenvalue weighted by molar-refractivity contribution is 7.89. The lowest BCUT2D eigenvalue weighted by Crippen LogP contribution is -2.36. The molecule has 1 saturated carbocycles. The van der Waals surface area contributed by atoms with Crippen molar-refractivity contribution < 1.29 is 18.3 Å². The van der Waals surface area contributed by atoms with Gasteiger partial charge in [-0.05, 0) is 30.5 Å². The predicted molar refractivity (Wildman–Crippen MR) is 78.1 cm³/mol. The molecule has 0 aliphatic heterocycles. The topological polar surface area (TPSA) is 96.4 Å². The van der Waals surface area contributed by atoms with Crippen LogP contribution in [0.4, 0.5) is 0 Å². The number of nitrogens with zero attached hydrogens (tertiary/aromatic N) is 1. The van der Waals surface area contributed by atoms with Gasteiger partial charge in [-0.15, -0.1) is 0 Å². The molecule has 0 radical (unpaired) electrons. The van der Waals surface area contributed by atoms with Crippen LogP contribution in [0.15, 0.2) is 29.4 Å². The first-order chi connectivity index (χ1) is 9.97. The van der Waals surface area contributed by atoms with E-state index < -0.39 is 16.0 Å². The van der Waals surface area contributed by atoms with Crippen LogP contribution in [0.2, 0.25) is 0 Å². The van der Waals surface area contributed by atoms with Crippen LogP contribution in [-0.2, 0) is 14.8 Å². The van der Waals surface area contributed by atoms with Gasteiger partial charge in [0, 0.05) is 24.5 Å². The first-order valence-corrected chi connectivity index (χ1v) is 8.34. The number of aliphatic carboxylic acids is 1. The minimum absolute atomic E-state index is 0.0260. The molecule has 0 unspecified atom stereocenters. The highest BCUT2D eigenvalue weighted by atomic mass is 32.2. The largest absolute Gasteiger partial charge is 0.478 e. The number of aromatic nitrogens is 1. The van der Waals surface area contributed by atoms with Crippen LogP contribution < -0.4 is 4.72 Å². The zero-order chi connectivity index (χ0) is 15.3. The smallest absolute Gasteiger partial charge is 0.328 e. The minimum Gasteiger partial charge on any atom is -0.478 e. The van der Waals surface area contributed by atoms with Crippen molar-refractivity contribution in [3.63, 3.8) is 0 Å². The van der Waals surface area contributed by atoms with Crippen LogP contribution in [0.1, 0.15) is 37.7 Å². The van der Waals surface area contributed by atoms with Gasteiger partial charge in [0.1, 0.15) is 4.90 Å². The van der Waals surface area contributed by atoms with Crippen LogP contribution in [0.25, 0.3) is 6.08 Å². The molecule has 0 atom stereocenters. The summed E-state index contributed by atoms with van der Waals surface area (Å²) >= 11 is 0. The lowest BCUT2D eigenvalue weighted by molar-refractivity contribution is -0.131. The highest BCUT2D eigenvalue weighted by Crippen LogP contribution is 2.20. The predicted octanol–water partition coefficient (Wildman–Crippen LogP) is 1.79. The Kier molecular flexibility index (Phi) is 5.08. The van der Waals surface area contributed by atoms with Crippen molar-refractivity contribution in [2.45, 2.75) is 43.0 Å². The van der Waals surface area contributed by atoms with Crippen molar-refractivity contribution >= 4 is 22.1 Å². The number of pyridine rings is 1. The lowest BCUT2D eigenvalue weighted by atomic mass is 9.96. The van der Waals surface area contributed by atoms with Gasteiger partial charge in [-0.2, -0.15) is 0 Å². The third kappa shape index (κ3) is 4.64. The SMILES string of the molecule is O=C(O)C=Cc1cncc(S(=O)(=O)NC2CCCCC2)c1. The van der Waals surface area contributed by atoms with Gasteiger partial charge < -0.3 is 5.11 Å². The molecule has 7 heteroatoms. The fourth-order valence-electron chi connectivity index (χ4n) is 2.35. The van der Waals surface area contributed by atoms with Crippen LogP contribution >= 0.6 is 0 Å². The standard InChI is InChI=1S/C14H18N2O4S/c17-14(18)7-6-11-8-13(10-15-9-11)21(19,20)16-12-4-2-1-3-5-12/h6-10,12,16H,1-5H2,(H,17,18). The summed E-state index contributed by atoms with van der Waals surface area (Å²) in [5.74, 6) is -1.09. The monoisotopic (exact) mass is 310 g/mol. The third-order valence-corrected chi connectivity index (χ3v) is 4.88. The Bertz CT molecular complexity index is 634. The fraction of sp³-hybridized carbons (Fsp3) is 0.429. The average molecular weight is 310 g/mol. The molecule has 0 saturated heterocycles. The number of nitrogens with one attached hydrogen (secondary N) is 1. The van der Waals surface area contributed by atoms with E-state index in [2.05, 4.69) is 9.71 Å². The molecule has 1 fully saturated rings. The van der Waals surface area contributed by atoms with Gasteiger partial charge in [-0.25, -0.2) is 17.9 Å². The van der Waals surface area contributed by atoms with Crippen molar-refractivity contribution in [3.8, 4) is 0 Å². The molecule has 1 aliphatic carbocycles. The minimum atomic E-state index is -3.61. The Balaban J connectivity index is 2.15. The van der Waals surface area contributed by atoms with E-state index >= 15 is 0 Å². The Hall–Kier alpha value is -1.73. The molecule has 1 heterocycles. The molecule has 114 valence electrons. The summed E-state index contributed by atoms with van der Waals surface area (Å²) < 4.78 is 27.3. The highest BCUT2D eigenvalue weighted by Gasteiger charge is 2.22. The number of carboxylic acid groups (broad SMARTS) is 1. The molecule has 2 N–H and O–H groups in total. The van der Waals surface area contributed by atoms with E-state index in [0.29, 0.717) is 5.56 Å². The number of carboxylic acids is 1. The molecule has 6 nitrogen and oxygen atoms in total. The number of rotatable bonds is 5. The van der Waals surface area contributed by atoms with Crippen molar-refractivity contribution in [2.24, 2.45) is 0 Å². The average Bonchev–Trinajstić information content (AvgIpc) is 2.46. The van der Waals surface area contributed by atoms with Gasteiger partial charge >= 0.3 is 5.97 Å². The second-order valence-electron chi connectivity index (χ2n) is 5.08. The van der Waals surface area contributed by atoms with Gasteiger partial charge in [-0.1, -0.05) is 19.3 Å². The van der Waals surface area contributed by atoms with Crippen molar-refractivity contribution in [2.75, 3.05) is 0 Å². The molecule has 1 aromatic heterocycles. The Morgan fingerprint density at radius 2 is 2.00 bits per heavy atom. The summed E-state index contributed by atoms with van der Waals surface area (Å²) in [6.07, 6.45) is 9.87. The normalized spacial score (nSPS) is 17.1. The second-order valence-corrected chi connectivity index (χ2v) is 6.80. The maximum Gasteiger partial charge on any atom is 0.328 e. The summed E-state index contributed by atoms with van der Waals surface area (Å²) in [6, 6.07) is 1.39. The molecule has 2 rings (SSSR count). The number of hydrogen-bond acceptors (Lipinski definition) is 4. The maximum absolute atomic E-state index is 12.3. The number of sulfonamides is 1. The van der Waals surface area contributed by atoms with Crippen molar-refractivity contribution in [1.29, 1.82) is 0 Å². The van der Waals surface area contributed by atoms with Crippen molar-refractivity contribution in [3.05, 3.63) is 30.1 Å². The molecule has 21 heavy (non-hydrogen) atoms. The summed E-state index contributed by atoms with van der Waals surface area (Å²) in [5.41, 5.74) is 0.434. The fourth-order valence-corrected chi connectivity index (χ4v) is 3.65. The Morgan fingerprint density at radius 1 is 1.29 bits per heavy atom. The first kappa shape index (κ1) is 15.7. The van der Waals surface area contributed by atoms with E-state index in [1.807, 2.05) is 0 Å². The quantitative estimate of drug-likeness (QED) is 0.808. The molecular weight excluding hydrogens is 292 g/mol. The maximum atomic E-state index is 12.3. The molecule has 0 spiro atoms. The zero-order valence-corrected chi connectivity index (χ0v) is 12.3. The summed E-state index contributed by atoms with van der Waals surface area (Å²) in [6.45, 7) is 0. The first-order valence-electron chi connectivity index (χ1n) is 6.86. The van der Waals surface area contributed by atoms with E-state index in [0.717, 1.165) is 38.2 Å². The van der Waals surface area contributed by atoms with E-state index in [1.165, 1.54) is 24.5 Å². The van der Waals surface area contributed by atoms with Crippen LogP contribution in [0, 0.1) is 0 Å². The van der Waals surface area contributed by atoms with E-state index in [4.69, 9.17) is 5.11 Å². The Morgan fingerprint density at radius 3 is 2.67 bits per heavy atom. The summed E-state index contributed by atoms with van der Waals surface area (Å²) in [4.78, 5) is 14.4. The van der Waals surface area contributed by atoms with Gasteiger partial charge in [0.25, 0.3) is 0 Å². The second kappa shape index (κ2) is 6.82. The molecule has 0 aromatic carbocycles. The molecule has 1 aliphatic rings. The molecule has 0 amide bonds. The number of hydrogen-bond donors (Lipinski definition) is 2. The van der Waals surface area contributed by atoms with Crippen molar-refractivity contribution in [1.82, 2.24) is 9.71 Å². The van der Waals surface area contributed by atoms with Gasteiger partial charge in [0.15, 0.2) is 0 Å². The van der Waals surface area contributed by atoms with E-state index in [-0.39, 0.29) is 10.9 Å². The van der Waals surface area contributed by atoms with E-state index in [1.54, 1.807) is 0 Å². The lowest BCUT2D eigenvalue weighted by Gasteiger charge is -2.22. The molecule has 1 aromatic rings.